The quantitative estimate of drug-likeness (QED) is 0.0450. The summed E-state index contributed by atoms with van der Waals surface area (Å²) in [6.45, 7) is 11.8. The minimum absolute atomic E-state index is 0.0644. The van der Waals surface area contributed by atoms with E-state index >= 15 is 0 Å². The number of piperidine rings is 1. The van der Waals surface area contributed by atoms with Crippen LogP contribution in [0.4, 0.5) is 23.0 Å². The van der Waals surface area contributed by atoms with Gasteiger partial charge >= 0.3 is 0 Å². The minimum atomic E-state index is -1.01. The van der Waals surface area contributed by atoms with Gasteiger partial charge in [-0.05, 0) is 85.5 Å². The predicted octanol–water partition coefficient (Wildman–Crippen LogP) is 4.93. The van der Waals surface area contributed by atoms with Gasteiger partial charge in [0, 0.05) is 106 Å². The molecule has 0 saturated carbocycles. The molecule has 372 valence electrons. The number of aromatic nitrogens is 3. The number of carbonyl (C=O) groups excluding carboxylic acids is 5. The van der Waals surface area contributed by atoms with Gasteiger partial charge < -0.3 is 39.8 Å². The standard InChI is InChI=1S/C52H60N10O9/c1-36-8-13-40(33-44(36)58-52-55-18-16-42(57-52)39-5-3-17-53-34-39)56-48(64)38-11-9-37(10-12-38)35-61-23-21-60(22-24-61)20-4-25-68-27-29-70-31-32-71-30-28-69-26-19-54-43-7-2-6-41-47(43)51(67)62(50(41)66)45-14-15-46(63)59-49(45)65/h2-3,5-13,16-18,33-34,45,54H,4,14-15,19-32,35H2,1H3,(H,56,64)(H,55,57,58)(H,59,63,65). The highest BCUT2D eigenvalue weighted by molar-refractivity contribution is 6.25. The number of imide groups is 2. The lowest BCUT2D eigenvalue weighted by atomic mass is 10.0. The summed E-state index contributed by atoms with van der Waals surface area (Å²) in [4.78, 5) is 82.5. The number of nitrogens with one attached hydrogen (secondary N) is 4. The van der Waals surface area contributed by atoms with Gasteiger partial charge in [-0.1, -0.05) is 24.3 Å². The van der Waals surface area contributed by atoms with Crippen molar-refractivity contribution in [2.75, 3.05) is 108 Å². The highest BCUT2D eigenvalue weighted by Crippen LogP contribution is 2.32. The van der Waals surface area contributed by atoms with Crippen molar-refractivity contribution in [3.05, 3.63) is 125 Å². The van der Waals surface area contributed by atoms with Crippen LogP contribution >= 0.6 is 0 Å². The predicted molar refractivity (Wildman–Crippen MR) is 265 cm³/mol. The number of rotatable bonds is 25. The summed E-state index contributed by atoms with van der Waals surface area (Å²) < 4.78 is 22.7. The Balaban J connectivity index is 0.620. The normalized spacial score (nSPS) is 16.2. The molecule has 5 heterocycles. The lowest BCUT2D eigenvalue weighted by molar-refractivity contribution is -0.136. The smallest absolute Gasteiger partial charge is 0.264 e. The van der Waals surface area contributed by atoms with Crippen LogP contribution in [0.25, 0.3) is 11.3 Å². The molecule has 0 radical (unpaired) electrons. The molecular formula is C52H60N10O9. The number of amides is 5. The van der Waals surface area contributed by atoms with E-state index in [0.717, 1.165) is 73.1 Å². The van der Waals surface area contributed by atoms with Crippen LogP contribution in [0.1, 0.15) is 61.5 Å². The van der Waals surface area contributed by atoms with Gasteiger partial charge in [0.1, 0.15) is 6.04 Å². The molecule has 4 N–H and O–H groups in total. The fraction of sp³-hybridized carbons (Fsp3) is 0.385. The van der Waals surface area contributed by atoms with Gasteiger partial charge in [0.05, 0.1) is 63.1 Å². The molecule has 3 aromatic carbocycles. The number of ether oxygens (including phenoxy) is 4. The lowest BCUT2D eigenvalue weighted by Crippen LogP contribution is -2.54. The van der Waals surface area contributed by atoms with Crippen molar-refractivity contribution in [1.82, 2.24) is 35.0 Å². The van der Waals surface area contributed by atoms with Crippen LogP contribution < -0.4 is 21.3 Å². The fourth-order valence-electron chi connectivity index (χ4n) is 8.52. The number of nitrogens with zero attached hydrogens (tertiary/aromatic N) is 6. The fourth-order valence-corrected chi connectivity index (χ4v) is 8.52. The first-order valence-electron chi connectivity index (χ1n) is 24.1. The summed E-state index contributed by atoms with van der Waals surface area (Å²) >= 11 is 0. The molecule has 1 unspecified atom stereocenters. The molecule has 2 fully saturated rings. The number of anilines is 4. The Morgan fingerprint density at radius 2 is 1.49 bits per heavy atom. The van der Waals surface area contributed by atoms with Crippen LogP contribution in [0.15, 0.2) is 97.5 Å². The molecule has 0 aliphatic carbocycles. The Bertz CT molecular complexity index is 2630. The van der Waals surface area contributed by atoms with Crippen LogP contribution in [-0.4, -0.2) is 157 Å². The summed E-state index contributed by atoms with van der Waals surface area (Å²) in [5.41, 5.74) is 6.78. The van der Waals surface area contributed by atoms with Crippen LogP contribution in [0, 0.1) is 6.92 Å². The van der Waals surface area contributed by atoms with Crippen molar-refractivity contribution in [3.63, 3.8) is 0 Å². The molecule has 8 rings (SSSR count). The zero-order valence-electron chi connectivity index (χ0n) is 39.9. The number of aryl methyl sites for hydroxylation is 1. The second-order valence-electron chi connectivity index (χ2n) is 17.3. The molecule has 2 aromatic heterocycles. The largest absolute Gasteiger partial charge is 0.382 e. The SMILES string of the molecule is Cc1ccc(NC(=O)c2ccc(CN3CCN(CCCOCCOCCOCCOCCNc4cccc5c4C(=O)N(C4CCC(=O)NC4=O)C5=O)CC3)cc2)cc1Nc1nccc(-c2cccnc2)n1. The molecule has 19 nitrogen and oxygen atoms in total. The number of hydrogen-bond donors (Lipinski definition) is 4. The van der Waals surface area contributed by atoms with Crippen LogP contribution in [-0.2, 0) is 35.1 Å². The van der Waals surface area contributed by atoms with E-state index in [0.29, 0.717) is 82.3 Å². The van der Waals surface area contributed by atoms with E-state index < -0.39 is 29.7 Å². The van der Waals surface area contributed by atoms with E-state index in [1.54, 1.807) is 36.8 Å². The second-order valence-corrected chi connectivity index (χ2v) is 17.3. The third-order valence-corrected chi connectivity index (χ3v) is 12.4. The zero-order chi connectivity index (χ0) is 49.4. The van der Waals surface area contributed by atoms with E-state index in [2.05, 4.69) is 46.0 Å². The van der Waals surface area contributed by atoms with Gasteiger partial charge in [0.2, 0.25) is 17.8 Å². The molecule has 5 aromatic rings. The summed E-state index contributed by atoms with van der Waals surface area (Å²) in [6, 6.07) is 23.1. The maximum absolute atomic E-state index is 13.2. The van der Waals surface area contributed by atoms with Gasteiger partial charge in [-0.25, -0.2) is 9.97 Å². The second kappa shape index (κ2) is 25.2. The topological polar surface area (TPSA) is 219 Å². The zero-order valence-corrected chi connectivity index (χ0v) is 39.9. The van der Waals surface area contributed by atoms with Crippen molar-refractivity contribution in [2.45, 2.75) is 38.8 Å². The Hall–Kier alpha value is -7.00. The van der Waals surface area contributed by atoms with Crippen LogP contribution in [0.2, 0.25) is 0 Å². The van der Waals surface area contributed by atoms with Gasteiger partial charge in [-0.2, -0.15) is 0 Å². The summed E-state index contributed by atoms with van der Waals surface area (Å²) in [7, 11) is 0. The first kappa shape index (κ1) is 50.4. The van der Waals surface area contributed by atoms with Crippen molar-refractivity contribution in [2.24, 2.45) is 0 Å². The lowest BCUT2D eigenvalue weighted by Gasteiger charge is -2.34. The van der Waals surface area contributed by atoms with Gasteiger partial charge in [-0.3, -0.25) is 44.1 Å². The number of fused-ring (bicyclic) bond motifs is 1. The van der Waals surface area contributed by atoms with Crippen molar-refractivity contribution < 1.29 is 42.9 Å². The Labute approximate surface area is 412 Å². The molecule has 5 amide bonds. The highest BCUT2D eigenvalue weighted by Gasteiger charge is 2.45. The first-order valence-corrected chi connectivity index (χ1v) is 24.1. The molecular weight excluding hydrogens is 909 g/mol. The average Bonchev–Trinajstić information content (AvgIpc) is 3.64. The number of carbonyl (C=O) groups is 5. The summed E-state index contributed by atoms with van der Waals surface area (Å²) in [5.74, 6) is -1.89. The van der Waals surface area contributed by atoms with Crippen molar-refractivity contribution in [1.29, 1.82) is 0 Å². The van der Waals surface area contributed by atoms with E-state index in [-0.39, 0.29) is 29.9 Å². The number of piperazine rings is 1. The highest BCUT2D eigenvalue weighted by atomic mass is 16.6. The molecule has 0 bridgehead atoms. The van der Waals surface area contributed by atoms with E-state index in [4.69, 9.17) is 18.9 Å². The third kappa shape index (κ3) is 13.9. The summed E-state index contributed by atoms with van der Waals surface area (Å²) in [5, 5.41) is 11.7. The van der Waals surface area contributed by atoms with Gasteiger partial charge in [0.15, 0.2) is 0 Å². The molecule has 2 saturated heterocycles. The number of hydrogen-bond acceptors (Lipinski definition) is 16. The maximum atomic E-state index is 13.2. The van der Waals surface area contributed by atoms with E-state index in [9.17, 15) is 24.0 Å². The minimum Gasteiger partial charge on any atom is -0.382 e. The summed E-state index contributed by atoms with van der Waals surface area (Å²) in [6.07, 6.45) is 6.31. The van der Waals surface area contributed by atoms with E-state index in [1.165, 1.54) is 5.56 Å². The van der Waals surface area contributed by atoms with Crippen LogP contribution in [0.3, 0.4) is 0 Å². The molecule has 0 spiro atoms. The molecule has 71 heavy (non-hydrogen) atoms. The monoisotopic (exact) mass is 968 g/mol. The first-order chi connectivity index (χ1) is 34.7. The maximum Gasteiger partial charge on any atom is 0.264 e. The van der Waals surface area contributed by atoms with Gasteiger partial charge in [0.25, 0.3) is 17.7 Å². The Morgan fingerprint density at radius 3 is 2.23 bits per heavy atom. The molecule has 1 atom stereocenters. The van der Waals surface area contributed by atoms with E-state index in [1.807, 2.05) is 67.6 Å². The molecule has 19 heteroatoms. The molecule has 3 aliphatic rings. The number of pyridine rings is 1. The van der Waals surface area contributed by atoms with Crippen molar-refractivity contribution in [3.8, 4) is 11.3 Å². The van der Waals surface area contributed by atoms with Gasteiger partial charge in [-0.15, -0.1) is 0 Å². The number of benzene rings is 3. The van der Waals surface area contributed by atoms with Crippen LogP contribution in [0.5, 0.6) is 0 Å². The Morgan fingerprint density at radius 1 is 0.761 bits per heavy atom. The Kier molecular flexibility index (Phi) is 17.9. The van der Waals surface area contributed by atoms with Crippen molar-refractivity contribution >= 4 is 52.5 Å². The third-order valence-electron chi connectivity index (χ3n) is 12.4. The average molecular weight is 969 g/mol. The molecule has 3 aliphatic heterocycles.